The highest BCUT2D eigenvalue weighted by molar-refractivity contribution is 5.92. The van der Waals surface area contributed by atoms with Crippen LogP contribution in [0.4, 0.5) is 4.79 Å². The van der Waals surface area contributed by atoms with Gasteiger partial charge in [-0.15, -0.1) is 6.42 Å². The number of aliphatic hydroxyl groups excluding tert-OH is 1. The number of carbonyl (C=O) groups is 4. The van der Waals surface area contributed by atoms with E-state index >= 15 is 0 Å². The average Bonchev–Trinajstić information content (AvgIpc) is 2.85. The van der Waals surface area contributed by atoms with Gasteiger partial charge in [-0.05, 0) is 51.8 Å². The summed E-state index contributed by atoms with van der Waals surface area (Å²) in [5.74, 6) is 0.879. The molecule has 0 fully saturated rings. The number of amides is 3. The smallest absolute Gasteiger partial charge is 0.408 e. The average molecular weight is 532 g/mol. The summed E-state index contributed by atoms with van der Waals surface area (Å²) in [6.07, 6.45) is 6.82. The van der Waals surface area contributed by atoms with Gasteiger partial charge in [-0.3, -0.25) is 14.4 Å². The highest BCUT2D eigenvalue weighted by Gasteiger charge is 2.35. The van der Waals surface area contributed by atoms with Gasteiger partial charge < -0.3 is 30.1 Å². The van der Waals surface area contributed by atoms with Crippen LogP contribution in [0.3, 0.4) is 0 Å². The van der Waals surface area contributed by atoms with E-state index in [2.05, 4.69) is 16.6 Å². The maximum atomic E-state index is 13.7. The minimum atomic E-state index is -1.34. The number of hydrogen-bond acceptors (Lipinski definition) is 7. The van der Waals surface area contributed by atoms with E-state index in [1.807, 2.05) is 6.92 Å². The van der Waals surface area contributed by atoms with Crippen molar-refractivity contribution in [2.75, 3.05) is 26.3 Å². The van der Waals surface area contributed by atoms with Crippen LogP contribution in [0.25, 0.3) is 0 Å². The quantitative estimate of drug-likeness (QED) is 0.191. The molecule has 38 heavy (non-hydrogen) atoms. The number of aliphatic hydroxyl groups is 1. The van der Waals surface area contributed by atoms with Crippen LogP contribution < -0.4 is 10.6 Å². The van der Waals surface area contributed by atoms with Crippen molar-refractivity contribution in [3.05, 3.63) is 35.4 Å². The molecular weight excluding hydrogens is 490 g/mol. The predicted octanol–water partition coefficient (Wildman–Crippen LogP) is 2.68. The molecule has 3 N–H and O–H groups in total. The lowest BCUT2D eigenvalue weighted by Gasteiger charge is -2.34. The Morgan fingerprint density at radius 1 is 1.11 bits per heavy atom. The Morgan fingerprint density at radius 2 is 1.76 bits per heavy atom. The molecule has 1 aromatic rings. The Bertz CT molecular complexity index is 964. The molecule has 10 heteroatoms. The number of nitrogens with zero attached hydrogens (tertiary/aromatic N) is 1. The fourth-order valence-electron chi connectivity index (χ4n) is 3.59. The minimum absolute atomic E-state index is 0.00713. The predicted molar refractivity (Wildman–Crippen MR) is 143 cm³/mol. The summed E-state index contributed by atoms with van der Waals surface area (Å²) in [4.78, 5) is 52.6. The molecule has 0 aliphatic rings. The molecule has 0 saturated heterocycles. The van der Waals surface area contributed by atoms with Gasteiger partial charge in [0.2, 0.25) is 11.8 Å². The summed E-state index contributed by atoms with van der Waals surface area (Å²) in [5, 5.41) is 15.1. The lowest BCUT2D eigenvalue weighted by Crippen LogP contribution is -2.54. The van der Waals surface area contributed by atoms with E-state index in [0.29, 0.717) is 17.5 Å². The molecule has 0 spiro atoms. The van der Waals surface area contributed by atoms with E-state index in [1.54, 1.807) is 52.0 Å². The standard InChI is InChI=1S/C28H41N3O7/c1-7-10-11-18-31(26(35)22(19-32)30-27(36)38-28(4,5)6)24(21-14-12-20(8-2)13-15-21)25(34)29-17-16-23(33)37-9-3/h2,12-15,22,24,32H,7,9-11,16-19H2,1,3-6H3,(H,29,34)(H,30,36). The third-order valence-corrected chi connectivity index (χ3v) is 5.34. The lowest BCUT2D eigenvalue weighted by molar-refractivity contribution is -0.144. The van der Waals surface area contributed by atoms with Gasteiger partial charge in [0.05, 0.1) is 19.6 Å². The molecule has 3 amide bonds. The SMILES string of the molecule is C#Cc1ccc(C(C(=O)NCCC(=O)OCC)N(CCCCC)C(=O)C(CO)NC(=O)OC(C)(C)C)cc1. The second kappa shape index (κ2) is 16.3. The number of unbranched alkanes of at least 4 members (excludes halogenated alkanes) is 2. The van der Waals surface area contributed by atoms with Crippen LogP contribution in [0.1, 0.15) is 77.5 Å². The molecule has 0 aliphatic carbocycles. The zero-order valence-electron chi connectivity index (χ0n) is 23.0. The molecule has 2 atom stereocenters. The van der Waals surface area contributed by atoms with Crippen LogP contribution in [0.15, 0.2) is 24.3 Å². The van der Waals surface area contributed by atoms with E-state index in [4.69, 9.17) is 15.9 Å². The molecule has 210 valence electrons. The fourth-order valence-corrected chi connectivity index (χ4v) is 3.59. The van der Waals surface area contributed by atoms with Crippen molar-refractivity contribution < 1.29 is 33.8 Å². The van der Waals surface area contributed by atoms with Crippen molar-refractivity contribution in [2.45, 2.75) is 78.0 Å². The first kappa shape index (κ1) is 32.4. The number of terminal acetylenes is 1. The highest BCUT2D eigenvalue weighted by Crippen LogP contribution is 2.24. The van der Waals surface area contributed by atoms with Crippen molar-refractivity contribution in [3.8, 4) is 12.3 Å². The topological polar surface area (TPSA) is 134 Å². The van der Waals surface area contributed by atoms with Crippen LogP contribution >= 0.6 is 0 Å². The normalized spacial score (nSPS) is 12.4. The molecule has 1 aromatic carbocycles. The number of esters is 1. The maximum Gasteiger partial charge on any atom is 0.408 e. The van der Waals surface area contributed by atoms with Crippen molar-refractivity contribution in [3.63, 3.8) is 0 Å². The number of hydrogen-bond donors (Lipinski definition) is 3. The summed E-state index contributed by atoms with van der Waals surface area (Å²) < 4.78 is 10.1. The van der Waals surface area contributed by atoms with Crippen molar-refractivity contribution >= 4 is 23.9 Å². The van der Waals surface area contributed by atoms with Crippen molar-refractivity contribution in [1.29, 1.82) is 0 Å². The number of rotatable bonds is 14. The van der Waals surface area contributed by atoms with Crippen LogP contribution in [0.5, 0.6) is 0 Å². The molecule has 0 saturated carbocycles. The molecule has 2 unspecified atom stereocenters. The Hall–Kier alpha value is -3.58. The molecule has 0 aromatic heterocycles. The first-order valence-electron chi connectivity index (χ1n) is 12.9. The zero-order valence-corrected chi connectivity index (χ0v) is 23.0. The van der Waals surface area contributed by atoms with Crippen LogP contribution in [0, 0.1) is 12.3 Å². The Balaban J connectivity index is 3.34. The van der Waals surface area contributed by atoms with Gasteiger partial charge in [-0.2, -0.15) is 0 Å². The summed E-state index contributed by atoms with van der Waals surface area (Å²) >= 11 is 0. The number of benzene rings is 1. The molecule has 10 nitrogen and oxygen atoms in total. The summed E-state index contributed by atoms with van der Waals surface area (Å²) in [5.41, 5.74) is 0.268. The number of carbonyl (C=O) groups excluding carboxylic acids is 4. The fraction of sp³-hybridized carbons (Fsp3) is 0.571. The zero-order chi connectivity index (χ0) is 28.7. The van der Waals surface area contributed by atoms with Gasteiger partial charge in [0.15, 0.2) is 0 Å². The molecule has 1 rings (SSSR count). The summed E-state index contributed by atoms with van der Waals surface area (Å²) in [6.45, 7) is 8.44. The van der Waals surface area contributed by atoms with Gasteiger partial charge in [0.1, 0.15) is 17.7 Å². The molecular formula is C28H41N3O7. The summed E-state index contributed by atoms with van der Waals surface area (Å²) in [6, 6.07) is 4.17. The van der Waals surface area contributed by atoms with Gasteiger partial charge in [-0.1, -0.05) is 37.8 Å². The first-order chi connectivity index (χ1) is 18.0. The van der Waals surface area contributed by atoms with Crippen LogP contribution in [-0.2, 0) is 23.9 Å². The second-order valence-corrected chi connectivity index (χ2v) is 9.64. The molecule has 0 bridgehead atoms. The Labute approximate surface area is 225 Å². The van der Waals surface area contributed by atoms with E-state index in [1.165, 1.54) is 4.90 Å². The van der Waals surface area contributed by atoms with Gasteiger partial charge >= 0.3 is 12.1 Å². The first-order valence-corrected chi connectivity index (χ1v) is 12.9. The van der Waals surface area contributed by atoms with E-state index in [0.717, 1.165) is 12.8 Å². The van der Waals surface area contributed by atoms with E-state index in [-0.39, 0.29) is 26.1 Å². The lowest BCUT2D eigenvalue weighted by atomic mass is 10.0. The van der Waals surface area contributed by atoms with Crippen LogP contribution in [0.2, 0.25) is 0 Å². The third kappa shape index (κ3) is 11.2. The van der Waals surface area contributed by atoms with E-state index < -0.39 is 48.2 Å². The Kier molecular flexibility index (Phi) is 13.9. The van der Waals surface area contributed by atoms with Crippen LogP contribution in [-0.4, -0.2) is 71.8 Å². The number of ether oxygens (including phenoxy) is 2. The number of nitrogens with one attached hydrogen (secondary N) is 2. The number of alkyl carbamates (subject to hydrolysis) is 1. The van der Waals surface area contributed by atoms with Gasteiger partial charge in [-0.25, -0.2) is 4.79 Å². The van der Waals surface area contributed by atoms with Crippen molar-refractivity contribution in [1.82, 2.24) is 15.5 Å². The third-order valence-electron chi connectivity index (χ3n) is 5.34. The highest BCUT2D eigenvalue weighted by atomic mass is 16.6. The van der Waals surface area contributed by atoms with Gasteiger partial charge in [0, 0.05) is 18.7 Å². The molecule has 0 heterocycles. The van der Waals surface area contributed by atoms with E-state index in [9.17, 15) is 24.3 Å². The second-order valence-electron chi connectivity index (χ2n) is 9.64. The molecule has 0 aliphatic heterocycles. The minimum Gasteiger partial charge on any atom is -0.466 e. The Morgan fingerprint density at radius 3 is 2.29 bits per heavy atom. The van der Waals surface area contributed by atoms with Crippen molar-refractivity contribution in [2.24, 2.45) is 0 Å². The maximum absolute atomic E-state index is 13.7. The summed E-state index contributed by atoms with van der Waals surface area (Å²) in [7, 11) is 0. The van der Waals surface area contributed by atoms with Gasteiger partial charge in [0.25, 0.3) is 0 Å². The monoisotopic (exact) mass is 531 g/mol. The molecule has 0 radical (unpaired) electrons. The largest absolute Gasteiger partial charge is 0.466 e.